The summed E-state index contributed by atoms with van der Waals surface area (Å²) in [6.07, 6.45) is 23.2. The predicted molar refractivity (Wildman–Crippen MR) is 113 cm³/mol. The van der Waals surface area contributed by atoms with Crippen LogP contribution in [0, 0.1) is 0 Å². The van der Waals surface area contributed by atoms with Crippen LogP contribution in [0.3, 0.4) is 0 Å². The maximum Gasteiger partial charge on any atom is 0.0597 e. The van der Waals surface area contributed by atoms with Crippen molar-refractivity contribution >= 4 is 0 Å². The van der Waals surface area contributed by atoms with Crippen molar-refractivity contribution in [2.24, 2.45) is 0 Å². The van der Waals surface area contributed by atoms with Crippen molar-refractivity contribution in [3.63, 3.8) is 0 Å². The Labute approximate surface area is 168 Å². The minimum absolute atomic E-state index is 0.422. The molecular formula is C24H46O3. The molecule has 0 aromatic heterocycles. The quantitative estimate of drug-likeness (QED) is 0.243. The molecule has 0 saturated carbocycles. The van der Waals surface area contributed by atoms with Crippen molar-refractivity contribution in [2.45, 2.75) is 141 Å². The van der Waals surface area contributed by atoms with E-state index >= 15 is 0 Å². The molecule has 0 spiro atoms. The molecule has 0 bridgehead atoms. The summed E-state index contributed by atoms with van der Waals surface area (Å²) in [5.74, 6) is 0. The van der Waals surface area contributed by atoms with Crippen LogP contribution in [0.4, 0.5) is 0 Å². The zero-order valence-corrected chi connectivity index (χ0v) is 18.3. The highest BCUT2D eigenvalue weighted by atomic mass is 16.5. The second-order valence-electron chi connectivity index (χ2n) is 9.01. The summed E-state index contributed by atoms with van der Waals surface area (Å²) in [4.78, 5) is 0. The molecule has 0 radical (unpaired) electrons. The molecular weight excluding hydrogens is 336 g/mol. The van der Waals surface area contributed by atoms with E-state index < -0.39 is 0 Å². The highest BCUT2D eigenvalue weighted by Crippen LogP contribution is 2.20. The highest BCUT2D eigenvalue weighted by molar-refractivity contribution is 4.67. The Morgan fingerprint density at radius 1 is 0.630 bits per heavy atom. The van der Waals surface area contributed by atoms with Crippen LogP contribution in [0.1, 0.15) is 117 Å². The van der Waals surface area contributed by atoms with E-state index in [1.165, 1.54) is 103 Å². The third-order valence-electron chi connectivity index (χ3n) is 6.32. The molecule has 160 valence electrons. The van der Waals surface area contributed by atoms with Gasteiger partial charge in [-0.1, -0.05) is 64.2 Å². The molecule has 2 heterocycles. The molecule has 0 aromatic carbocycles. The van der Waals surface area contributed by atoms with Crippen LogP contribution in [0.15, 0.2) is 0 Å². The largest absolute Gasteiger partial charge is 0.378 e. The predicted octanol–water partition coefficient (Wildman–Crippen LogP) is 6.82. The Morgan fingerprint density at radius 3 is 1.37 bits per heavy atom. The van der Waals surface area contributed by atoms with E-state index in [4.69, 9.17) is 14.2 Å². The van der Waals surface area contributed by atoms with Gasteiger partial charge in [0.1, 0.15) is 0 Å². The van der Waals surface area contributed by atoms with E-state index in [-0.39, 0.29) is 0 Å². The van der Waals surface area contributed by atoms with Gasteiger partial charge in [0.05, 0.1) is 24.4 Å². The lowest BCUT2D eigenvalue weighted by Crippen LogP contribution is -2.26. The number of unbranched alkanes of at least 4 members (excludes halogenated alkanes) is 8. The summed E-state index contributed by atoms with van der Waals surface area (Å²) >= 11 is 0. The van der Waals surface area contributed by atoms with Crippen LogP contribution >= 0.6 is 0 Å². The summed E-state index contributed by atoms with van der Waals surface area (Å²) in [5, 5.41) is 0. The molecule has 3 heteroatoms. The highest BCUT2D eigenvalue weighted by Gasteiger charge is 2.17. The average molecular weight is 383 g/mol. The molecule has 0 aromatic rings. The number of ether oxygens (including phenoxy) is 3. The lowest BCUT2D eigenvalue weighted by Gasteiger charge is -2.26. The first-order valence-electron chi connectivity index (χ1n) is 12.1. The van der Waals surface area contributed by atoms with Crippen LogP contribution in [-0.4, -0.2) is 37.6 Å². The molecule has 2 fully saturated rings. The molecule has 2 aliphatic heterocycles. The Balaban J connectivity index is 1.28. The van der Waals surface area contributed by atoms with Gasteiger partial charge in [0.15, 0.2) is 0 Å². The van der Waals surface area contributed by atoms with Crippen molar-refractivity contribution in [2.75, 3.05) is 13.2 Å². The number of rotatable bonds is 18. The van der Waals surface area contributed by atoms with E-state index in [0.29, 0.717) is 24.4 Å². The van der Waals surface area contributed by atoms with E-state index in [0.717, 1.165) is 13.2 Å². The van der Waals surface area contributed by atoms with Crippen molar-refractivity contribution in [3.8, 4) is 0 Å². The maximum absolute atomic E-state index is 6.18. The average Bonchev–Trinajstić information content (AvgIpc) is 2.56. The second kappa shape index (κ2) is 14.8. The molecule has 2 aliphatic rings. The van der Waals surface area contributed by atoms with Crippen LogP contribution in [-0.2, 0) is 14.2 Å². The lowest BCUT2D eigenvalue weighted by molar-refractivity contribution is -0.0557. The second-order valence-corrected chi connectivity index (χ2v) is 9.01. The van der Waals surface area contributed by atoms with Gasteiger partial charge in [-0.15, -0.1) is 0 Å². The van der Waals surface area contributed by atoms with E-state index in [2.05, 4.69) is 13.8 Å². The van der Waals surface area contributed by atoms with Gasteiger partial charge in [0.2, 0.25) is 0 Å². The molecule has 0 N–H and O–H groups in total. The Kier molecular flexibility index (Phi) is 12.7. The minimum atomic E-state index is 0.422. The fraction of sp³-hybridized carbons (Fsp3) is 1.00. The molecule has 0 aliphatic carbocycles. The Morgan fingerprint density at radius 2 is 1.00 bits per heavy atom. The van der Waals surface area contributed by atoms with Gasteiger partial charge in [-0.2, -0.15) is 0 Å². The molecule has 4 unspecified atom stereocenters. The van der Waals surface area contributed by atoms with Gasteiger partial charge in [-0.05, 0) is 52.4 Å². The summed E-state index contributed by atoms with van der Waals surface area (Å²) in [6.45, 7) is 6.51. The standard InChI is InChI=1S/C24H46O3/c1-21(13-9-5-3-7-11-15-23-17-19-25-23)27-22(2)14-10-6-4-8-12-16-24-18-20-26-24/h21-24H,3-20H2,1-2H3. The first-order chi connectivity index (χ1) is 13.2. The third kappa shape index (κ3) is 11.5. The monoisotopic (exact) mass is 382 g/mol. The SMILES string of the molecule is CC(CCCCCCCC1CCO1)OC(C)CCCCCCCC1CCO1. The number of hydrogen-bond acceptors (Lipinski definition) is 3. The first kappa shape index (κ1) is 23.2. The normalized spacial score (nSPS) is 24.2. The summed E-state index contributed by atoms with van der Waals surface area (Å²) < 4.78 is 17.1. The fourth-order valence-electron chi connectivity index (χ4n) is 4.23. The first-order valence-corrected chi connectivity index (χ1v) is 12.1. The molecule has 2 saturated heterocycles. The summed E-state index contributed by atoms with van der Waals surface area (Å²) in [6, 6.07) is 0. The zero-order valence-electron chi connectivity index (χ0n) is 18.3. The van der Waals surface area contributed by atoms with Gasteiger partial charge in [0, 0.05) is 13.2 Å². The van der Waals surface area contributed by atoms with Crippen LogP contribution in [0.25, 0.3) is 0 Å². The zero-order chi connectivity index (χ0) is 19.2. The van der Waals surface area contributed by atoms with Crippen molar-refractivity contribution in [1.29, 1.82) is 0 Å². The maximum atomic E-state index is 6.18. The summed E-state index contributed by atoms with van der Waals surface area (Å²) in [7, 11) is 0. The number of hydrogen-bond donors (Lipinski definition) is 0. The van der Waals surface area contributed by atoms with Gasteiger partial charge >= 0.3 is 0 Å². The third-order valence-corrected chi connectivity index (χ3v) is 6.32. The minimum Gasteiger partial charge on any atom is -0.378 e. The summed E-state index contributed by atoms with van der Waals surface area (Å²) in [5.41, 5.74) is 0. The van der Waals surface area contributed by atoms with Crippen LogP contribution in [0.5, 0.6) is 0 Å². The smallest absolute Gasteiger partial charge is 0.0597 e. The van der Waals surface area contributed by atoms with E-state index in [1.54, 1.807) is 0 Å². The van der Waals surface area contributed by atoms with Crippen LogP contribution in [0.2, 0.25) is 0 Å². The van der Waals surface area contributed by atoms with Crippen LogP contribution < -0.4 is 0 Å². The molecule has 27 heavy (non-hydrogen) atoms. The van der Waals surface area contributed by atoms with Crippen molar-refractivity contribution < 1.29 is 14.2 Å². The van der Waals surface area contributed by atoms with E-state index in [9.17, 15) is 0 Å². The van der Waals surface area contributed by atoms with Gasteiger partial charge < -0.3 is 14.2 Å². The molecule has 3 nitrogen and oxygen atoms in total. The fourth-order valence-corrected chi connectivity index (χ4v) is 4.23. The molecule has 2 rings (SSSR count). The van der Waals surface area contributed by atoms with E-state index in [1.807, 2.05) is 0 Å². The Bertz CT molecular complexity index is 307. The van der Waals surface area contributed by atoms with Gasteiger partial charge in [-0.25, -0.2) is 0 Å². The lowest BCUT2D eigenvalue weighted by atomic mass is 10.0. The van der Waals surface area contributed by atoms with Gasteiger partial charge in [-0.3, -0.25) is 0 Å². The molecule has 0 amide bonds. The van der Waals surface area contributed by atoms with Crippen molar-refractivity contribution in [1.82, 2.24) is 0 Å². The Hall–Kier alpha value is -0.120. The van der Waals surface area contributed by atoms with Gasteiger partial charge in [0.25, 0.3) is 0 Å². The topological polar surface area (TPSA) is 27.7 Å². The van der Waals surface area contributed by atoms with Crippen molar-refractivity contribution in [3.05, 3.63) is 0 Å². The molecule has 4 atom stereocenters.